The summed E-state index contributed by atoms with van der Waals surface area (Å²) in [5.41, 5.74) is 11.7. The number of halogens is 3. The SMILES string of the molecule is CC(C)[C@@H](NC(=O)CCN1C(=O)C=CC1=O)C(=O)N[C@H](CCCNC(N)=O)C(=O)Nc1ccc(COC(=O)N2C[C@@H](F)C[C@H]2COC(=O)Nc2ncnc3c2ncn3[C@@H]2O[C@@H]3CO[P@](=O)(S)O[C@H]4[C@@H](F)[C@H](n5cnc6c(N)ncnc65)O[C@@H]4CO[P@@](=O)(S)O[C@H]3[C@H]2F)cc1. The average molecular weight is 1400 g/mol. The number of imide groups is 1. The van der Waals surface area contributed by atoms with E-state index in [0.29, 0.717) is 5.56 Å². The second kappa shape index (κ2) is 29.3. The molecule has 0 saturated carbocycles. The number of amides is 9. The molecule has 1 aromatic carbocycles. The molecule has 4 aromatic heterocycles. The van der Waals surface area contributed by atoms with E-state index in [9.17, 15) is 51.9 Å². The van der Waals surface area contributed by atoms with E-state index in [-0.39, 0.29) is 85.0 Å². The minimum Gasteiger partial charge on any atom is -0.447 e. The van der Waals surface area contributed by atoms with E-state index in [1.165, 1.54) is 35.2 Å². The first-order chi connectivity index (χ1) is 44.7. The number of hydrogen-bond donors (Lipinski definition) is 9. The van der Waals surface area contributed by atoms with Gasteiger partial charge in [0.2, 0.25) is 17.7 Å². The van der Waals surface area contributed by atoms with Crippen LogP contribution in [0.15, 0.2) is 61.7 Å². The number of carbonyl (C=O) groups is 8. The third kappa shape index (κ3) is 16.2. The second-order valence-corrected chi connectivity index (χ2v) is 27.9. The van der Waals surface area contributed by atoms with Gasteiger partial charge in [-0.25, -0.2) is 66.6 Å². The van der Waals surface area contributed by atoms with Crippen molar-refractivity contribution in [2.45, 2.75) is 120 Å². The Morgan fingerprint density at radius 1 is 0.777 bits per heavy atom. The van der Waals surface area contributed by atoms with Crippen LogP contribution >= 0.6 is 38.1 Å². The highest BCUT2D eigenvalue weighted by Crippen LogP contribution is 2.61. The van der Waals surface area contributed by atoms with Gasteiger partial charge in [0, 0.05) is 43.8 Å². The van der Waals surface area contributed by atoms with Crippen LogP contribution in [0.1, 0.15) is 57.6 Å². The van der Waals surface area contributed by atoms with Gasteiger partial charge in [-0.15, -0.1) is 0 Å². The molecule has 0 radical (unpaired) electrons. The van der Waals surface area contributed by atoms with E-state index in [4.69, 9.17) is 48.5 Å². The standard InChI is InChI=1S/C52H62F3N17O18P2S2/c1-24(2)37(67-32(73)11-13-69-33(74)9-10-34(69)75)47(77)66-29(4-3-12-58-50(57)78)46(76)65-27-7-5-25(6-8-27)16-84-52(80)70-15-26(53)14-28(70)17-83-51(79)68-43-39-45(62-21-60-43)72(23-64-39)49-36(55)41-31(88-49)19-86-91(81,93)89-40-30(18-85-92(82,94)90-41)87-48(35(40)54)71-22-63-38-42(56)59-20-61-44(38)71/h5-10,20-24,26,28-31,35-37,40-41,48-49H,3-4,11-19H2,1-2H3,(H,65,76)(H,66,77)(H,67,73)(H,81,93)(H,82,94)(H2,56,59,61)(H3,57,58,78)(H,60,62,68,79)/t26-,28-,29+,30+,31+,35+,36+,37+,40+,41+,48+,49+,91-,92+/m0/s1. The number of nitrogen functional groups attached to an aromatic ring is 1. The summed E-state index contributed by atoms with van der Waals surface area (Å²) in [6.45, 7) is -8.86. The molecule has 9 amide bonds. The molecule has 14 atom stereocenters. The van der Waals surface area contributed by atoms with E-state index in [0.717, 1.165) is 45.5 Å². The minimum atomic E-state index is -4.61. The van der Waals surface area contributed by atoms with E-state index in [2.05, 4.69) is 81.0 Å². The molecule has 0 spiro atoms. The number of thiol groups is 2. The quantitative estimate of drug-likeness (QED) is 0.0234. The highest BCUT2D eigenvalue weighted by atomic mass is 32.7. The van der Waals surface area contributed by atoms with E-state index in [1.54, 1.807) is 13.8 Å². The van der Waals surface area contributed by atoms with Gasteiger partial charge in [0.15, 0.2) is 53.2 Å². The van der Waals surface area contributed by atoms with Crippen molar-refractivity contribution in [3.63, 3.8) is 0 Å². The Balaban J connectivity index is 0.712. The number of anilines is 3. The zero-order valence-electron chi connectivity index (χ0n) is 49.5. The average Bonchev–Trinajstić information content (AvgIpc) is 1.62. The van der Waals surface area contributed by atoms with Crippen molar-refractivity contribution in [2.24, 2.45) is 11.7 Å². The van der Waals surface area contributed by atoms with Gasteiger partial charge in [-0.1, -0.05) is 50.5 Å². The lowest BCUT2D eigenvalue weighted by atomic mass is 10.0. The van der Waals surface area contributed by atoms with Crippen LogP contribution in [0.5, 0.6) is 0 Å². The molecule has 0 unspecified atom stereocenters. The van der Waals surface area contributed by atoms with Crippen molar-refractivity contribution in [1.82, 2.24) is 64.8 Å². The fraction of sp³-hybridized carbons (Fsp3) is 0.500. The fourth-order valence-corrected chi connectivity index (χ4v) is 13.6. The number of likely N-dealkylation sites (tertiary alicyclic amines) is 1. The van der Waals surface area contributed by atoms with Gasteiger partial charge in [-0.05, 0) is 36.5 Å². The summed E-state index contributed by atoms with van der Waals surface area (Å²) < 4.78 is 123. The van der Waals surface area contributed by atoms with E-state index in [1.807, 2.05) is 0 Å². The monoisotopic (exact) mass is 1400 g/mol. The zero-order chi connectivity index (χ0) is 67.3. The van der Waals surface area contributed by atoms with Crippen molar-refractivity contribution in [3.8, 4) is 0 Å². The highest BCUT2D eigenvalue weighted by Gasteiger charge is 2.55. The molecular formula is C52H62F3N17O18P2S2. The van der Waals surface area contributed by atoms with Crippen LogP contribution in [0.2, 0.25) is 0 Å². The van der Waals surface area contributed by atoms with Crippen LogP contribution in [0.3, 0.4) is 0 Å². The third-order valence-corrected chi connectivity index (χ3v) is 18.5. The maximum Gasteiger partial charge on any atom is 0.412 e. The number of rotatable bonds is 20. The number of carbonyl (C=O) groups excluding carboxylic acids is 8. The van der Waals surface area contributed by atoms with Gasteiger partial charge in [0.05, 0.1) is 38.5 Å². The molecule has 94 heavy (non-hydrogen) atoms. The molecule has 9 N–H and O–H groups in total. The third-order valence-electron chi connectivity index (χ3n) is 15.3. The summed E-state index contributed by atoms with van der Waals surface area (Å²) in [5, 5.41) is 12.7. The lowest BCUT2D eigenvalue weighted by Crippen LogP contribution is -2.54. The van der Waals surface area contributed by atoms with Crippen LogP contribution < -0.4 is 38.1 Å². The van der Waals surface area contributed by atoms with Crippen LogP contribution in [0.4, 0.5) is 44.9 Å². The molecule has 35 nitrogen and oxygen atoms in total. The Morgan fingerprint density at radius 3 is 1.98 bits per heavy atom. The van der Waals surface area contributed by atoms with Crippen LogP contribution in [-0.2, 0) is 76.8 Å². The Kier molecular flexibility index (Phi) is 21.4. The number of aromatic nitrogens is 8. The summed E-state index contributed by atoms with van der Waals surface area (Å²) in [7, 11) is 0. The molecule has 506 valence electrons. The Labute approximate surface area is 540 Å². The predicted molar refractivity (Wildman–Crippen MR) is 324 cm³/mol. The number of primary amides is 1. The molecule has 5 aliphatic rings. The van der Waals surface area contributed by atoms with Crippen LogP contribution in [0.25, 0.3) is 22.3 Å². The number of alkyl halides is 3. The highest BCUT2D eigenvalue weighted by molar-refractivity contribution is 8.44. The largest absolute Gasteiger partial charge is 0.447 e. The normalized spacial score (nSPS) is 27.7. The predicted octanol–water partition coefficient (Wildman–Crippen LogP) is 3.24. The minimum absolute atomic E-state index is 0.00588. The smallest absolute Gasteiger partial charge is 0.412 e. The summed E-state index contributed by atoms with van der Waals surface area (Å²) in [4.78, 5) is 128. The molecule has 0 bridgehead atoms. The number of urea groups is 1. The van der Waals surface area contributed by atoms with Gasteiger partial charge in [-0.3, -0.25) is 66.3 Å². The first kappa shape index (κ1) is 68.8. The molecule has 4 saturated heterocycles. The molecule has 5 aliphatic heterocycles. The van der Waals surface area contributed by atoms with Gasteiger partial charge < -0.3 is 51.7 Å². The number of imidazole rings is 2. The maximum atomic E-state index is 16.7. The molecule has 10 rings (SSSR count). The molecule has 4 fully saturated rings. The molecule has 9 heterocycles. The Hall–Kier alpha value is -8.07. The van der Waals surface area contributed by atoms with Gasteiger partial charge in [0.1, 0.15) is 74.1 Å². The van der Waals surface area contributed by atoms with Crippen LogP contribution in [-0.4, -0.2) is 197 Å². The van der Waals surface area contributed by atoms with Crippen molar-refractivity contribution in [2.75, 3.05) is 55.8 Å². The van der Waals surface area contributed by atoms with Gasteiger partial charge in [-0.2, -0.15) is 0 Å². The number of fused-ring (bicyclic) bond motifs is 4. The van der Waals surface area contributed by atoms with Gasteiger partial charge in [0.25, 0.3) is 11.8 Å². The molecular weight excluding hydrogens is 1330 g/mol. The van der Waals surface area contributed by atoms with Crippen molar-refractivity contribution in [1.29, 1.82) is 0 Å². The van der Waals surface area contributed by atoms with Crippen molar-refractivity contribution < 1.29 is 97.7 Å². The number of hydrogen-bond acceptors (Lipinski definition) is 25. The number of benzene rings is 1. The maximum absolute atomic E-state index is 16.7. The van der Waals surface area contributed by atoms with Gasteiger partial charge >= 0.3 is 31.8 Å². The van der Waals surface area contributed by atoms with E-state index < -0.39 is 167 Å². The van der Waals surface area contributed by atoms with E-state index >= 15 is 8.78 Å². The summed E-state index contributed by atoms with van der Waals surface area (Å²) in [6, 6.07) is 1.87. The molecule has 42 heteroatoms. The molecule has 5 aromatic rings. The summed E-state index contributed by atoms with van der Waals surface area (Å²) >= 11 is 8.09. The second-order valence-electron chi connectivity index (χ2n) is 22.1. The number of nitrogens with zero attached hydrogens (tertiary/aromatic N) is 10. The zero-order valence-corrected chi connectivity index (χ0v) is 53.0. The summed E-state index contributed by atoms with van der Waals surface area (Å²) in [6.07, 6.45) is -11.7. The van der Waals surface area contributed by atoms with Crippen molar-refractivity contribution in [3.05, 3.63) is 67.3 Å². The Bertz CT molecular complexity index is 3830. The fourth-order valence-electron chi connectivity index (χ4n) is 10.6. The topological polar surface area (TPSA) is 450 Å². The van der Waals surface area contributed by atoms with Crippen molar-refractivity contribution >= 4 is 125 Å². The summed E-state index contributed by atoms with van der Waals surface area (Å²) in [5.74, 6) is -3.90. The number of nitrogens with one attached hydrogen (secondary N) is 5. The number of nitrogens with two attached hydrogens (primary N) is 2. The lowest BCUT2D eigenvalue weighted by molar-refractivity contribution is -0.137. The first-order valence-electron chi connectivity index (χ1n) is 28.8. The Morgan fingerprint density at radius 2 is 1.37 bits per heavy atom. The first-order valence-corrected chi connectivity index (χ1v) is 34.2. The number of ether oxygens (including phenoxy) is 4. The lowest BCUT2D eigenvalue weighted by Gasteiger charge is -2.28. The molecule has 0 aliphatic carbocycles. The van der Waals surface area contributed by atoms with Crippen LogP contribution in [0, 0.1) is 5.92 Å².